The fourth-order valence-corrected chi connectivity index (χ4v) is 7.34. The average Bonchev–Trinajstić information content (AvgIpc) is 3.65. The third-order valence-electron chi connectivity index (χ3n) is 10.5. The van der Waals surface area contributed by atoms with Crippen LogP contribution in [0.15, 0.2) is 90.0 Å². The van der Waals surface area contributed by atoms with Crippen LogP contribution in [0.2, 0.25) is 0 Å². The van der Waals surface area contributed by atoms with Crippen molar-refractivity contribution in [3.8, 4) is 16.9 Å². The summed E-state index contributed by atoms with van der Waals surface area (Å²) in [5.41, 5.74) is 15.1. The number of ketones is 2. The molecule has 0 aliphatic rings. The topological polar surface area (TPSA) is 216 Å². The molecule has 0 fully saturated rings. The minimum Gasteiger partial charge on any atom is -0.495 e. The molecule has 0 aliphatic carbocycles. The number of amides is 1. The maximum atomic E-state index is 14.1. The van der Waals surface area contributed by atoms with Gasteiger partial charge in [-0.25, -0.2) is 27.0 Å². The number of benzene rings is 3. The maximum Gasteiger partial charge on any atom is 0.424 e. The number of sulfone groups is 1. The molecule has 0 saturated carbocycles. The Morgan fingerprint density at radius 3 is 2.18 bits per heavy atom. The van der Waals surface area contributed by atoms with Gasteiger partial charge in [0.1, 0.15) is 23.1 Å². The van der Waals surface area contributed by atoms with E-state index in [4.69, 9.17) is 25.7 Å². The molecule has 5 rings (SSSR count). The quantitative estimate of drug-likeness (QED) is 0.0473. The second kappa shape index (κ2) is 20.7. The molecule has 2 aromatic heterocycles. The molecule has 0 radical (unpaired) electrons. The first-order valence-electron chi connectivity index (χ1n) is 20.2. The number of ether oxygens (including phenoxy) is 3. The Bertz CT molecular complexity index is 2490. The number of anilines is 2. The van der Waals surface area contributed by atoms with Gasteiger partial charge in [0.25, 0.3) is 5.95 Å². The Labute approximate surface area is 360 Å². The number of nitrogens with zero attached hydrogens (tertiary/aromatic N) is 4. The summed E-state index contributed by atoms with van der Waals surface area (Å²) in [4.78, 5) is 58.9. The van der Waals surface area contributed by atoms with Crippen molar-refractivity contribution >= 4 is 50.7 Å². The number of hydrogen-bond donors (Lipinski definition) is 2. The normalized spacial score (nSPS) is 13.6. The standard InChI is InChI=1S/C45H53FN6O9S/c1-27(2)36(25-40(54)37(48)9-7-8-22-47)43(55)60-29(4)61-45(56)52(38-20-19-35(62(6,57)58)24-41(38)59-5)44-49-42-21-16-33(26-51(42)50-44)32-12-10-30(11-13-32)23-39(53)28(3)31-14-17-34(46)18-15-31/h10-21,24,26-29,36-37H,7-9,22-23,25,47-48H2,1-6H3/t28-,29?,36+,37+/m1/s1. The lowest BCUT2D eigenvalue weighted by atomic mass is 9.88. The molecule has 15 nitrogen and oxygen atoms in total. The molecule has 330 valence electrons. The number of fused-ring (bicyclic) bond motifs is 1. The number of methoxy groups -OCH3 is 1. The minimum atomic E-state index is -3.68. The van der Waals surface area contributed by atoms with Crippen LogP contribution >= 0.6 is 0 Å². The average molecular weight is 873 g/mol. The van der Waals surface area contributed by atoms with E-state index in [0.29, 0.717) is 25.0 Å². The summed E-state index contributed by atoms with van der Waals surface area (Å²) >= 11 is 0. The first-order valence-corrected chi connectivity index (χ1v) is 22.1. The van der Waals surface area contributed by atoms with Crippen LogP contribution in [0.5, 0.6) is 5.75 Å². The highest BCUT2D eigenvalue weighted by molar-refractivity contribution is 7.90. The summed E-state index contributed by atoms with van der Waals surface area (Å²) in [6.45, 7) is 7.14. The molecule has 62 heavy (non-hydrogen) atoms. The van der Waals surface area contributed by atoms with Gasteiger partial charge in [0.05, 0.1) is 29.7 Å². The number of Topliss-reactive ketones (excluding diaryl/α,β-unsaturated/α-hetero) is 2. The van der Waals surface area contributed by atoms with Crippen molar-refractivity contribution in [3.63, 3.8) is 0 Å². The molecule has 4 atom stereocenters. The highest BCUT2D eigenvalue weighted by Gasteiger charge is 2.33. The summed E-state index contributed by atoms with van der Waals surface area (Å²) in [6, 6.07) is 19.9. The van der Waals surface area contributed by atoms with E-state index in [-0.39, 0.29) is 58.4 Å². The zero-order chi connectivity index (χ0) is 45.3. The van der Waals surface area contributed by atoms with Crippen LogP contribution < -0.4 is 21.1 Å². The number of hydrogen-bond acceptors (Lipinski definition) is 13. The molecule has 0 saturated heterocycles. The summed E-state index contributed by atoms with van der Waals surface area (Å²) in [5, 5.41) is 4.57. The molecule has 5 aromatic rings. The molecule has 0 spiro atoms. The van der Waals surface area contributed by atoms with E-state index < -0.39 is 46.1 Å². The number of carbonyl (C=O) groups excluding carboxylic acids is 4. The third-order valence-corrected chi connectivity index (χ3v) is 11.6. The van der Waals surface area contributed by atoms with Gasteiger partial charge in [-0.1, -0.05) is 63.6 Å². The van der Waals surface area contributed by atoms with E-state index in [9.17, 15) is 32.0 Å². The smallest absolute Gasteiger partial charge is 0.424 e. The third kappa shape index (κ3) is 11.9. The Kier molecular flexibility index (Phi) is 15.7. The van der Waals surface area contributed by atoms with Crippen LogP contribution in [0.4, 0.5) is 20.8 Å². The van der Waals surface area contributed by atoms with Crippen molar-refractivity contribution in [1.82, 2.24) is 14.6 Å². The molecular weight excluding hydrogens is 820 g/mol. The Balaban J connectivity index is 1.38. The summed E-state index contributed by atoms with van der Waals surface area (Å²) < 4.78 is 56.4. The van der Waals surface area contributed by atoms with E-state index in [1.54, 1.807) is 51.2 Å². The SMILES string of the molecule is COc1cc(S(C)(=O)=O)ccc1N(C(=O)OC(C)OC(=O)[C@@H](CC(=O)[C@@H](N)CCCCN)C(C)C)c1nc2ccc(-c3ccc(CC(=O)[C@H](C)c4ccc(F)cc4)cc3)cn2n1. The molecule has 1 unspecified atom stereocenters. The zero-order valence-corrected chi connectivity index (χ0v) is 36.4. The number of carbonyl (C=O) groups is 4. The van der Waals surface area contributed by atoms with Crippen molar-refractivity contribution in [2.75, 3.05) is 24.8 Å². The first kappa shape index (κ1) is 47.0. The number of halogens is 1. The number of pyridine rings is 1. The number of aromatic nitrogens is 3. The molecule has 17 heteroatoms. The maximum absolute atomic E-state index is 14.1. The molecule has 2 heterocycles. The summed E-state index contributed by atoms with van der Waals surface area (Å²) in [7, 11) is -2.38. The van der Waals surface area contributed by atoms with Crippen molar-refractivity contribution in [2.24, 2.45) is 23.3 Å². The molecule has 3 aromatic carbocycles. The zero-order valence-electron chi connectivity index (χ0n) is 35.6. The first-order chi connectivity index (χ1) is 29.4. The fourth-order valence-electron chi connectivity index (χ4n) is 6.70. The number of esters is 1. The van der Waals surface area contributed by atoms with E-state index >= 15 is 0 Å². The summed E-state index contributed by atoms with van der Waals surface area (Å²) in [5.74, 6) is -3.23. The van der Waals surface area contributed by atoms with Gasteiger partial charge < -0.3 is 25.7 Å². The lowest BCUT2D eigenvalue weighted by Gasteiger charge is -2.25. The second-order valence-corrected chi connectivity index (χ2v) is 17.5. The fraction of sp³-hybridized carbons (Fsp3) is 0.378. The number of nitrogens with two attached hydrogens (primary N) is 2. The minimum absolute atomic E-state index is 0.0131. The van der Waals surface area contributed by atoms with Gasteiger partial charge in [-0.3, -0.25) is 14.4 Å². The van der Waals surface area contributed by atoms with Gasteiger partial charge in [0.2, 0.25) is 6.29 Å². The van der Waals surface area contributed by atoms with Crippen LogP contribution in [0.3, 0.4) is 0 Å². The predicted molar refractivity (Wildman–Crippen MR) is 231 cm³/mol. The highest BCUT2D eigenvalue weighted by Crippen LogP contribution is 2.36. The van der Waals surface area contributed by atoms with Crippen molar-refractivity contribution in [2.45, 2.75) is 82.9 Å². The van der Waals surface area contributed by atoms with E-state index in [2.05, 4.69) is 10.1 Å². The van der Waals surface area contributed by atoms with Crippen LogP contribution in [-0.2, 0) is 40.1 Å². The van der Waals surface area contributed by atoms with Crippen LogP contribution in [0, 0.1) is 17.7 Å². The Hall–Kier alpha value is -6.04. The Morgan fingerprint density at radius 1 is 0.871 bits per heavy atom. The van der Waals surface area contributed by atoms with Crippen LogP contribution in [0.1, 0.15) is 70.4 Å². The largest absolute Gasteiger partial charge is 0.495 e. The molecule has 4 N–H and O–H groups in total. The highest BCUT2D eigenvalue weighted by atomic mass is 32.2. The van der Waals surface area contributed by atoms with Crippen LogP contribution in [0.25, 0.3) is 16.8 Å². The van der Waals surface area contributed by atoms with Gasteiger partial charge in [0, 0.05) is 49.8 Å². The van der Waals surface area contributed by atoms with Crippen molar-refractivity contribution in [3.05, 3.63) is 102 Å². The monoisotopic (exact) mass is 872 g/mol. The molecule has 0 aliphatic heterocycles. The Morgan fingerprint density at radius 2 is 1.55 bits per heavy atom. The van der Waals surface area contributed by atoms with Gasteiger partial charge in [-0.15, -0.1) is 5.10 Å². The van der Waals surface area contributed by atoms with E-state index in [1.807, 2.05) is 24.3 Å². The van der Waals surface area contributed by atoms with Crippen molar-refractivity contribution in [1.29, 1.82) is 0 Å². The van der Waals surface area contributed by atoms with Gasteiger partial charge in [0.15, 0.2) is 15.5 Å². The lowest BCUT2D eigenvalue weighted by Crippen LogP contribution is -2.37. The van der Waals surface area contributed by atoms with E-state index in [0.717, 1.165) is 39.8 Å². The molecule has 0 bridgehead atoms. The number of unbranched alkanes of at least 4 members (excludes halogenated alkanes) is 1. The van der Waals surface area contributed by atoms with E-state index in [1.165, 1.54) is 48.9 Å². The lowest BCUT2D eigenvalue weighted by molar-refractivity contribution is -0.172. The molecular formula is C45H53FN6O9S. The predicted octanol–water partition coefficient (Wildman–Crippen LogP) is 6.71. The van der Waals surface area contributed by atoms with Crippen LogP contribution in [-0.4, -0.2) is 78.9 Å². The van der Waals surface area contributed by atoms with Gasteiger partial charge in [-0.05, 0) is 78.4 Å². The second-order valence-electron chi connectivity index (χ2n) is 15.5. The molecule has 1 amide bonds. The van der Waals surface area contributed by atoms with Gasteiger partial charge in [-0.2, -0.15) is 4.98 Å². The summed E-state index contributed by atoms with van der Waals surface area (Å²) in [6.07, 6.45) is 2.03. The number of rotatable bonds is 20. The van der Waals surface area contributed by atoms with Crippen molar-refractivity contribution < 1.29 is 46.2 Å². The van der Waals surface area contributed by atoms with Gasteiger partial charge >= 0.3 is 12.1 Å².